The quantitative estimate of drug-likeness (QED) is 0.638. The van der Waals surface area contributed by atoms with Crippen molar-refractivity contribution >= 4 is 15.9 Å². The Kier molecular flexibility index (Phi) is 12.0. The van der Waals surface area contributed by atoms with Crippen LogP contribution in [-0.2, 0) is 65.4 Å². The van der Waals surface area contributed by atoms with E-state index in [1.54, 1.807) is 0 Å². The van der Waals surface area contributed by atoms with Gasteiger partial charge in [0.05, 0.1) is 0 Å². The first kappa shape index (κ1) is 13.5. The predicted octanol–water partition coefficient (Wildman–Crippen LogP) is 2.04. The van der Waals surface area contributed by atoms with Crippen molar-refractivity contribution in [2.75, 3.05) is 0 Å². The van der Waals surface area contributed by atoms with E-state index in [0.29, 0.717) is 0 Å². The van der Waals surface area contributed by atoms with Crippen molar-refractivity contribution in [2.24, 2.45) is 0 Å². The van der Waals surface area contributed by atoms with Crippen molar-refractivity contribution in [3.8, 4) is 0 Å². The zero-order chi connectivity index (χ0) is 5.11. The van der Waals surface area contributed by atoms with E-state index in [-0.39, 0.29) is 65.4 Å². The first-order valence-corrected chi connectivity index (χ1v) is 2.72. The van der Waals surface area contributed by atoms with E-state index in [0.717, 1.165) is 4.47 Å². The third-order valence-corrected chi connectivity index (χ3v) is 1.07. The fourth-order valence-electron chi connectivity index (χ4n) is 0.332. The molecule has 1 aromatic carbocycles. The van der Waals surface area contributed by atoms with Gasteiger partial charge < -0.3 is 12.1 Å². The van der Waals surface area contributed by atoms with Gasteiger partial charge in [0.15, 0.2) is 0 Å². The molecule has 1 aromatic rings. The topological polar surface area (TPSA) is 0 Å². The van der Waals surface area contributed by atoms with Crippen LogP contribution in [-0.4, -0.2) is 0 Å². The van der Waals surface area contributed by atoms with Crippen molar-refractivity contribution in [1.82, 2.24) is 0 Å². The van der Waals surface area contributed by atoms with Crippen LogP contribution in [0.25, 0.3) is 0 Å². The van der Waals surface area contributed by atoms with Gasteiger partial charge in [-0.15, -0.1) is 0 Å². The fourth-order valence-corrected chi connectivity index (χ4v) is 0.597. The molecular formula is C6H3BrY2-2. The summed E-state index contributed by atoms with van der Waals surface area (Å²) in [4.78, 5) is 0. The molecule has 0 atom stereocenters. The Labute approximate surface area is 114 Å². The molecule has 0 amide bonds. The predicted molar refractivity (Wildman–Crippen MR) is 31.8 cm³/mol. The molecule has 0 saturated heterocycles. The summed E-state index contributed by atoms with van der Waals surface area (Å²) in [7, 11) is 0. The van der Waals surface area contributed by atoms with E-state index < -0.39 is 0 Å². The van der Waals surface area contributed by atoms with E-state index >= 15 is 0 Å². The summed E-state index contributed by atoms with van der Waals surface area (Å²) in [5, 5.41) is 0. The van der Waals surface area contributed by atoms with Crippen LogP contribution in [0.5, 0.6) is 0 Å². The zero-order valence-electron chi connectivity index (χ0n) is 4.76. The molecular weight excluding hydrogens is 330 g/mol. The average molecular weight is 333 g/mol. The molecule has 0 aliphatic rings. The SMILES string of the molecule is Brc1[c-]cc[c-]c1.[Y].[Y]. The van der Waals surface area contributed by atoms with Gasteiger partial charge in [0.1, 0.15) is 0 Å². The minimum absolute atomic E-state index is 0. The van der Waals surface area contributed by atoms with Crippen molar-refractivity contribution in [1.29, 1.82) is 0 Å². The van der Waals surface area contributed by atoms with E-state index in [9.17, 15) is 0 Å². The van der Waals surface area contributed by atoms with Crippen molar-refractivity contribution in [3.05, 3.63) is 34.8 Å². The molecule has 0 unspecified atom stereocenters. The number of rotatable bonds is 0. The molecule has 2 radical (unpaired) electrons. The van der Waals surface area contributed by atoms with Crippen LogP contribution in [0, 0.1) is 12.1 Å². The number of hydrogen-bond acceptors (Lipinski definition) is 0. The standard InChI is InChI=1S/C6H3Br.2Y/c7-6-4-2-1-3-5-6;;/h1-2,5H;;/q-2;;. The molecule has 0 aromatic heterocycles. The molecule has 1 rings (SSSR count). The van der Waals surface area contributed by atoms with Gasteiger partial charge in [-0.25, -0.2) is 4.47 Å². The van der Waals surface area contributed by atoms with Crippen LogP contribution in [0.4, 0.5) is 0 Å². The number of halogens is 1. The van der Waals surface area contributed by atoms with Gasteiger partial charge >= 0.3 is 0 Å². The maximum Gasteiger partial charge on any atom is 0 e. The Hall–Kier alpha value is 1.91. The van der Waals surface area contributed by atoms with Crippen LogP contribution < -0.4 is 0 Å². The van der Waals surface area contributed by atoms with E-state index in [1.807, 2.05) is 18.2 Å². The fraction of sp³-hybridized carbons (Fsp3) is 0. The van der Waals surface area contributed by atoms with Crippen molar-refractivity contribution in [2.45, 2.75) is 0 Å². The number of benzene rings is 1. The summed E-state index contributed by atoms with van der Waals surface area (Å²) in [6.45, 7) is 0. The molecule has 3 heteroatoms. The van der Waals surface area contributed by atoms with Gasteiger partial charge in [0.2, 0.25) is 0 Å². The maximum atomic E-state index is 3.22. The number of hydrogen-bond donors (Lipinski definition) is 0. The summed E-state index contributed by atoms with van der Waals surface area (Å²) in [5.74, 6) is 0. The Morgan fingerprint density at radius 1 is 1.22 bits per heavy atom. The van der Waals surface area contributed by atoms with Crippen LogP contribution in [0.3, 0.4) is 0 Å². The second-order valence-corrected chi connectivity index (χ2v) is 1.99. The molecule has 0 spiro atoms. The van der Waals surface area contributed by atoms with Crippen LogP contribution >= 0.6 is 15.9 Å². The Morgan fingerprint density at radius 2 is 1.89 bits per heavy atom. The summed E-state index contributed by atoms with van der Waals surface area (Å²) >= 11 is 3.22. The van der Waals surface area contributed by atoms with Crippen LogP contribution in [0.15, 0.2) is 22.7 Å². The molecule has 0 aliphatic heterocycles. The second kappa shape index (κ2) is 8.01. The molecule has 0 heterocycles. The van der Waals surface area contributed by atoms with Gasteiger partial charge in [-0.2, -0.15) is 15.9 Å². The monoisotopic (exact) mass is 332 g/mol. The van der Waals surface area contributed by atoms with Crippen LogP contribution in [0.2, 0.25) is 0 Å². The largest absolute Gasteiger partial charge is 0.318 e. The average Bonchev–Trinajstić information content (AvgIpc) is 1.69. The second-order valence-electron chi connectivity index (χ2n) is 1.14. The van der Waals surface area contributed by atoms with Crippen molar-refractivity contribution < 1.29 is 65.4 Å². The molecule has 42 valence electrons. The first-order chi connectivity index (χ1) is 3.39. The first-order valence-electron chi connectivity index (χ1n) is 1.93. The molecule has 0 saturated carbocycles. The normalized spacial score (nSPS) is 6.78. The Bertz CT molecular complexity index is 141. The third kappa shape index (κ3) is 6.31. The molecule has 0 fully saturated rings. The van der Waals surface area contributed by atoms with E-state index in [4.69, 9.17) is 0 Å². The van der Waals surface area contributed by atoms with E-state index in [1.165, 1.54) is 0 Å². The molecule has 0 bridgehead atoms. The van der Waals surface area contributed by atoms with Gasteiger partial charge in [0, 0.05) is 65.4 Å². The smallest absolute Gasteiger partial charge is 0 e. The molecule has 0 N–H and O–H groups in total. The summed E-state index contributed by atoms with van der Waals surface area (Å²) < 4.78 is 0.954. The van der Waals surface area contributed by atoms with E-state index in [2.05, 4.69) is 28.1 Å². The van der Waals surface area contributed by atoms with Gasteiger partial charge in [0.25, 0.3) is 0 Å². The van der Waals surface area contributed by atoms with Crippen molar-refractivity contribution in [3.63, 3.8) is 0 Å². The summed E-state index contributed by atoms with van der Waals surface area (Å²) in [6.07, 6.45) is 0. The molecule has 0 nitrogen and oxygen atoms in total. The van der Waals surface area contributed by atoms with Gasteiger partial charge in [-0.1, -0.05) is 0 Å². The summed E-state index contributed by atoms with van der Waals surface area (Å²) in [6, 6.07) is 11.2. The minimum Gasteiger partial charge on any atom is -0.318 e. The maximum absolute atomic E-state index is 3.22. The van der Waals surface area contributed by atoms with Gasteiger partial charge in [-0.3, -0.25) is 18.2 Å². The van der Waals surface area contributed by atoms with Crippen LogP contribution in [0.1, 0.15) is 0 Å². The molecule has 9 heavy (non-hydrogen) atoms. The zero-order valence-corrected chi connectivity index (χ0v) is 12.0. The Balaban J connectivity index is 0. The third-order valence-electron chi connectivity index (χ3n) is 0.611. The Morgan fingerprint density at radius 3 is 2.11 bits per heavy atom. The molecule has 0 aliphatic carbocycles. The minimum atomic E-state index is 0. The summed E-state index contributed by atoms with van der Waals surface area (Å²) in [5.41, 5.74) is 0. The van der Waals surface area contributed by atoms with Gasteiger partial charge in [-0.05, 0) is 0 Å².